The number of benzene rings is 2. The fraction of sp³-hybridized carbons (Fsp3) is 0.381. The van der Waals surface area contributed by atoms with E-state index in [4.69, 9.17) is 17.0 Å². The molecule has 0 amide bonds. The van der Waals surface area contributed by atoms with Gasteiger partial charge in [0.25, 0.3) is 0 Å². The minimum absolute atomic E-state index is 0.126. The number of rotatable bonds is 4. The molecular weight excluding hydrogens is 444 g/mol. The van der Waals surface area contributed by atoms with E-state index in [9.17, 15) is 5.11 Å². The van der Waals surface area contributed by atoms with E-state index < -0.39 is 13.2 Å². The van der Waals surface area contributed by atoms with Crippen molar-refractivity contribution in [3.63, 3.8) is 0 Å². The molecule has 2 N–H and O–H groups in total. The fourth-order valence-electron chi connectivity index (χ4n) is 5.38. The third-order valence-corrected chi connectivity index (χ3v) is 27.5. The summed E-state index contributed by atoms with van der Waals surface area (Å²) in [5, 5.41) is 10.0. The predicted molar refractivity (Wildman–Crippen MR) is 113 cm³/mol. The zero-order valence-electron chi connectivity index (χ0n) is 16.0. The Bertz CT molecular complexity index is 966. The van der Waals surface area contributed by atoms with Crippen LogP contribution in [0.5, 0.6) is 0 Å². The van der Waals surface area contributed by atoms with Gasteiger partial charge in [-0.1, -0.05) is 0 Å². The summed E-state index contributed by atoms with van der Waals surface area (Å²) >= 11 is -6.04. The van der Waals surface area contributed by atoms with Crippen molar-refractivity contribution in [1.82, 2.24) is 3.26 Å². The molecule has 26 heavy (non-hydrogen) atoms. The summed E-state index contributed by atoms with van der Waals surface area (Å²) < 4.78 is 10.2. The Morgan fingerprint density at radius 1 is 1.00 bits per heavy atom. The van der Waals surface area contributed by atoms with Gasteiger partial charge in [0.05, 0.1) is 0 Å². The third-order valence-electron chi connectivity index (χ3n) is 5.73. The molecular formula is C21H29Cl2NOZr. The van der Waals surface area contributed by atoms with Crippen molar-refractivity contribution in [3.05, 3.63) is 59.7 Å². The zero-order valence-corrected chi connectivity index (χ0v) is 20.0. The zero-order chi connectivity index (χ0) is 19.5. The molecule has 0 aliphatic heterocycles. The Kier molecular flexibility index (Phi) is 3.92. The third kappa shape index (κ3) is 3.21. The number of nitrogens with one attached hydrogen (secondary N) is 1. The summed E-state index contributed by atoms with van der Waals surface area (Å²) in [5.41, 5.74) is 4.08. The molecule has 0 unspecified atom stereocenters. The molecule has 0 fully saturated rings. The van der Waals surface area contributed by atoms with Crippen LogP contribution >= 0.6 is 17.0 Å². The maximum absolute atomic E-state index is 10.0. The first-order valence-corrected chi connectivity index (χ1v) is 24.1. The second kappa shape index (κ2) is 4.99. The van der Waals surface area contributed by atoms with E-state index in [2.05, 4.69) is 31.7 Å². The van der Waals surface area contributed by atoms with Gasteiger partial charge >= 0.3 is 159 Å². The van der Waals surface area contributed by atoms with E-state index >= 15 is 0 Å². The SMILES string of the molecule is [CH2]=[Zr]([CH3])([Cl])([Cl])([CH2]CO)([NH]C(C)(C)C)[CH]1c2ccccc2-c2ccccc21. The number of aliphatic hydroxyl groups is 1. The first-order valence-electron chi connectivity index (χ1n) is 9.17. The topological polar surface area (TPSA) is 32.3 Å². The molecule has 0 spiro atoms. The molecule has 0 atom stereocenters. The second-order valence-corrected chi connectivity index (χ2v) is 51.2. The quantitative estimate of drug-likeness (QED) is 0.569. The van der Waals surface area contributed by atoms with Crippen LogP contribution in [-0.4, -0.2) is 21.5 Å². The Morgan fingerprint density at radius 3 is 1.81 bits per heavy atom. The van der Waals surface area contributed by atoms with Gasteiger partial charge in [-0.15, -0.1) is 0 Å². The van der Waals surface area contributed by atoms with Crippen LogP contribution < -0.4 is 3.26 Å². The molecule has 5 heteroatoms. The van der Waals surface area contributed by atoms with Gasteiger partial charge in [0.2, 0.25) is 0 Å². The van der Waals surface area contributed by atoms with Crippen molar-refractivity contribution in [3.8, 4) is 11.1 Å². The molecule has 1 aliphatic carbocycles. The van der Waals surface area contributed by atoms with Gasteiger partial charge < -0.3 is 0 Å². The Balaban J connectivity index is 2.47. The Labute approximate surface area is 158 Å². The number of hydrogen-bond acceptors (Lipinski definition) is 2. The number of halogens is 2. The maximum atomic E-state index is 10.0. The molecule has 0 bridgehead atoms. The van der Waals surface area contributed by atoms with Gasteiger partial charge in [-0.2, -0.15) is 0 Å². The molecule has 2 aromatic rings. The predicted octanol–water partition coefficient (Wildman–Crippen LogP) is 6.02. The average Bonchev–Trinajstić information content (AvgIpc) is 2.80. The van der Waals surface area contributed by atoms with E-state index in [-0.39, 0.29) is 19.9 Å². The molecule has 0 saturated carbocycles. The second-order valence-electron chi connectivity index (χ2n) is 10.2. The minimum atomic E-state index is -6.04. The van der Waals surface area contributed by atoms with Crippen LogP contribution in [-0.2, 0) is 13.2 Å². The van der Waals surface area contributed by atoms with Gasteiger partial charge in [0.1, 0.15) is 0 Å². The fourth-order valence-corrected chi connectivity index (χ4v) is 29.6. The van der Waals surface area contributed by atoms with Crippen molar-refractivity contribution in [2.24, 2.45) is 0 Å². The molecule has 2 aromatic carbocycles. The Morgan fingerprint density at radius 2 is 1.42 bits per heavy atom. The summed E-state index contributed by atoms with van der Waals surface area (Å²) in [6.45, 7) is 6.01. The first kappa shape index (κ1) is 20.4. The van der Waals surface area contributed by atoms with Crippen LogP contribution in [0.2, 0.25) is 8.76 Å². The standard InChI is InChI=1S/C13H9.C4H10N.C2H5O.CH3.CH2.2ClH.Zr/c1-3-7-12-10(5-1)9-11-6-2-4-8-13(11)12;1-4(2,3)5;1-2-3;;;;;/h1-9H;5H,1-3H3;3H,1-2H2;1H3;1H2;2*1H;/q;-1;;;;;;+3/p-2. The summed E-state index contributed by atoms with van der Waals surface area (Å²) in [6.07, 6.45) is 0. The van der Waals surface area contributed by atoms with Crippen LogP contribution in [0.3, 0.4) is 0 Å². The molecule has 0 aromatic heterocycles. The van der Waals surface area contributed by atoms with Gasteiger partial charge in [-0.3, -0.25) is 0 Å². The van der Waals surface area contributed by atoms with Crippen molar-refractivity contribution >= 4 is 21.2 Å². The number of hydrogen-bond donors (Lipinski definition) is 2. The van der Waals surface area contributed by atoms with E-state index in [1.165, 1.54) is 0 Å². The normalized spacial score (nSPS) is 19.0. The van der Waals surface area contributed by atoms with Gasteiger partial charge in [0, 0.05) is 0 Å². The average molecular weight is 474 g/mol. The molecule has 3 rings (SSSR count). The van der Waals surface area contributed by atoms with E-state index in [1.54, 1.807) is 0 Å². The van der Waals surface area contributed by atoms with Gasteiger partial charge in [0.15, 0.2) is 0 Å². The van der Waals surface area contributed by atoms with Crippen LogP contribution in [0, 0.1) is 0 Å². The molecule has 142 valence electrons. The van der Waals surface area contributed by atoms with Crippen molar-refractivity contribution < 1.29 is 18.3 Å². The van der Waals surface area contributed by atoms with Crippen LogP contribution in [0.15, 0.2) is 48.5 Å². The Hall–Kier alpha value is -0.307. The van der Waals surface area contributed by atoms with Gasteiger partial charge in [-0.25, -0.2) is 0 Å². The van der Waals surface area contributed by atoms with Crippen molar-refractivity contribution in [2.45, 2.75) is 38.7 Å². The van der Waals surface area contributed by atoms with Crippen LogP contribution in [0.1, 0.15) is 35.5 Å². The summed E-state index contributed by atoms with van der Waals surface area (Å²) in [7, 11) is 15.5. The molecule has 0 heterocycles. The first-order chi connectivity index (χ1) is 11.6. The van der Waals surface area contributed by atoms with E-state index in [0.717, 1.165) is 22.3 Å². The van der Waals surface area contributed by atoms with Gasteiger partial charge in [-0.05, 0) is 0 Å². The van der Waals surface area contributed by atoms with E-state index in [1.807, 2.05) is 49.7 Å². The summed E-state index contributed by atoms with van der Waals surface area (Å²) in [5.74, 6) is 0. The number of fused-ring (bicyclic) bond motifs is 3. The monoisotopic (exact) mass is 471 g/mol. The summed E-state index contributed by atoms with van der Waals surface area (Å²) in [4.78, 5) is 0. The van der Waals surface area contributed by atoms with Crippen molar-refractivity contribution in [2.75, 3.05) is 6.61 Å². The molecule has 2 nitrogen and oxygen atoms in total. The molecule has 0 saturated heterocycles. The van der Waals surface area contributed by atoms with Crippen molar-refractivity contribution in [1.29, 1.82) is 0 Å². The van der Waals surface area contributed by atoms with E-state index in [0.29, 0.717) is 0 Å². The van der Waals surface area contributed by atoms with Crippen LogP contribution in [0.4, 0.5) is 0 Å². The molecule has 1 aliphatic rings. The molecule has 0 radical (unpaired) electrons. The summed E-state index contributed by atoms with van der Waals surface area (Å²) in [6, 6.07) is 16.5. The van der Waals surface area contributed by atoms with Crippen LogP contribution in [0.25, 0.3) is 11.1 Å². The number of aliphatic hydroxyl groups excluding tert-OH is 1.